The fourth-order valence-corrected chi connectivity index (χ4v) is 3.05. The summed E-state index contributed by atoms with van der Waals surface area (Å²) >= 11 is 0. The van der Waals surface area contributed by atoms with Crippen LogP contribution in [0.25, 0.3) is 0 Å². The maximum Gasteiger partial charge on any atom is 0.270 e. The van der Waals surface area contributed by atoms with Gasteiger partial charge in [-0.05, 0) is 49.4 Å². The Morgan fingerprint density at radius 1 is 1.24 bits per heavy atom. The second kappa shape index (κ2) is 8.07. The van der Waals surface area contributed by atoms with E-state index in [0.717, 1.165) is 37.2 Å². The van der Waals surface area contributed by atoms with E-state index in [0.29, 0.717) is 24.8 Å². The van der Waals surface area contributed by atoms with Crippen molar-refractivity contribution in [2.75, 3.05) is 24.6 Å². The Kier molecular flexibility index (Phi) is 5.60. The Morgan fingerprint density at radius 2 is 1.96 bits per heavy atom. The third-order valence-corrected chi connectivity index (χ3v) is 4.66. The number of aliphatic hydroxyl groups is 1. The second-order valence-corrected chi connectivity index (χ2v) is 6.51. The number of nitrogens with one attached hydrogen (secondary N) is 1. The number of rotatable bonds is 5. The summed E-state index contributed by atoms with van der Waals surface area (Å²) in [5.74, 6) is 0.247. The number of aromatic nitrogens is 2. The molecule has 1 aromatic heterocycles. The van der Waals surface area contributed by atoms with Gasteiger partial charge in [-0.3, -0.25) is 4.79 Å². The summed E-state index contributed by atoms with van der Waals surface area (Å²) in [6.45, 7) is 4.55. The Bertz CT molecular complexity index is 710. The fraction of sp³-hybridized carbons (Fsp3) is 0.421. The number of aliphatic hydroxyl groups excluding tert-OH is 1. The standard InChI is InChI=1S/C19H24N4O2/c1-14-10-18(22-13-21-14)19(25)20-11-15-2-4-17(5-3-15)23-8-6-16(12-24)7-9-23/h2-5,10,13,16,24H,6-9,11-12H2,1H3,(H,20,25). The predicted octanol–water partition coefficient (Wildman–Crippen LogP) is 1.92. The lowest BCUT2D eigenvalue weighted by molar-refractivity contribution is 0.0945. The summed E-state index contributed by atoms with van der Waals surface area (Å²) in [6.07, 6.45) is 3.47. The third kappa shape index (κ3) is 4.54. The van der Waals surface area contributed by atoms with Crippen molar-refractivity contribution >= 4 is 11.6 Å². The van der Waals surface area contributed by atoms with E-state index in [9.17, 15) is 9.90 Å². The van der Waals surface area contributed by atoms with Gasteiger partial charge in [0.05, 0.1) is 0 Å². The zero-order valence-corrected chi connectivity index (χ0v) is 14.5. The first-order valence-corrected chi connectivity index (χ1v) is 8.67. The van der Waals surface area contributed by atoms with Gasteiger partial charge in [-0.1, -0.05) is 12.1 Å². The quantitative estimate of drug-likeness (QED) is 0.869. The van der Waals surface area contributed by atoms with E-state index in [1.54, 1.807) is 6.07 Å². The van der Waals surface area contributed by atoms with Gasteiger partial charge in [-0.25, -0.2) is 9.97 Å². The SMILES string of the molecule is Cc1cc(C(=O)NCc2ccc(N3CCC(CO)CC3)cc2)ncn1. The number of anilines is 1. The van der Waals surface area contributed by atoms with Gasteiger partial charge in [-0.15, -0.1) is 0 Å². The molecule has 0 unspecified atom stereocenters. The molecule has 1 aliphatic heterocycles. The van der Waals surface area contributed by atoms with Gasteiger partial charge in [0, 0.05) is 37.6 Å². The topological polar surface area (TPSA) is 78.4 Å². The summed E-state index contributed by atoms with van der Waals surface area (Å²) in [4.78, 5) is 22.4. The largest absolute Gasteiger partial charge is 0.396 e. The lowest BCUT2D eigenvalue weighted by Crippen LogP contribution is -2.34. The van der Waals surface area contributed by atoms with Crippen LogP contribution in [0.4, 0.5) is 5.69 Å². The number of aryl methyl sites for hydroxylation is 1. The van der Waals surface area contributed by atoms with Crippen LogP contribution in [-0.2, 0) is 6.54 Å². The molecule has 0 bridgehead atoms. The number of piperidine rings is 1. The summed E-state index contributed by atoms with van der Waals surface area (Å²) in [5, 5.41) is 12.1. The molecule has 0 saturated carbocycles. The fourth-order valence-electron chi connectivity index (χ4n) is 3.05. The summed E-state index contributed by atoms with van der Waals surface area (Å²) in [6, 6.07) is 9.94. The van der Waals surface area contributed by atoms with Crippen molar-refractivity contribution in [2.45, 2.75) is 26.3 Å². The highest BCUT2D eigenvalue weighted by molar-refractivity contribution is 5.92. The van der Waals surface area contributed by atoms with Crippen molar-refractivity contribution < 1.29 is 9.90 Å². The first-order chi connectivity index (χ1) is 12.2. The molecular formula is C19H24N4O2. The van der Waals surface area contributed by atoms with Crippen LogP contribution in [0.3, 0.4) is 0 Å². The zero-order chi connectivity index (χ0) is 17.6. The van der Waals surface area contributed by atoms with Crippen molar-refractivity contribution in [3.05, 3.63) is 53.6 Å². The van der Waals surface area contributed by atoms with Gasteiger partial charge >= 0.3 is 0 Å². The molecule has 25 heavy (non-hydrogen) atoms. The van der Waals surface area contributed by atoms with Crippen molar-refractivity contribution in [2.24, 2.45) is 5.92 Å². The molecule has 2 aromatic rings. The summed E-state index contributed by atoms with van der Waals surface area (Å²) in [7, 11) is 0. The minimum Gasteiger partial charge on any atom is -0.396 e. The highest BCUT2D eigenvalue weighted by Gasteiger charge is 2.18. The van der Waals surface area contributed by atoms with Crippen LogP contribution in [-0.4, -0.2) is 40.7 Å². The monoisotopic (exact) mass is 340 g/mol. The van der Waals surface area contributed by atoms with Crippen molar-refractivity contribution in [1.82, 2.24) is 15.3 Å². The molecule has 6 nitrogen and oxygen atoms in total. The minimum absolute atomic E-state index is 0.194. The molecule has 0 atom stereocenters. The van der Waals surface area contributed by atoms with E-state index < -0.39 is 0 Å². The number of carbonyl (C=O) groups is 1. The van der Waals surface area contributed by atoms with Crippen LogP contribution in [0.1, 0.15) is 34.6 Å². The molecule has 1 aliphatic rings. The molecular weight excluding hydrogens is 316 g/mol. The summed E-state index contributed by atoms with van der Waals surface area (Å²) < 4.78 is 0. The molecule has 0 radical (unpaired) electrons. The number of nitrogens with zero attached hydrogens (tertiary/aromatic N) is 3. The Labute approximate surface area is 147 Å². The van der Waals surface area contributed by atoms with Crippen LogP contribution in [0.15, 0.2) is 36.7 Å². The van der Waals surface area contributed by atoms with Crippen LogP contribution in [0.5, 0.6) is 0 Å². The average molecular weight is 340 g/mol. The van der Waals surface area contributed by atoms with Gasteiger partial charge < -0.3 is 15.3 Å². The van der Waals surface area contributed by atoms with E-state index in [1.807, 2.05) is 19.1 Å². The molecule has 0 spiro atoms. The highest BCUT2D eigenvalue weighted by Crippen LogP contribution is 2.23. The molecule has 1 aromatic carbocycles. The van der Waals surface area contributed by atoms with Crippen LogP contribution in [0.2, 0.25) is 0 Å². The Morgan fingerprint density at radius 3 is 2.60 bits per heavy atom. The van der Waals surface area contributed by atoms with Gasteiger partial charge in [0.1, 0.15) is 12.0 Å². The Balaban J connectivity index is 1.53. The van der Waals surface area contributed by atoms with Crippen molar-refractivity contribution in [1.29, 1.82) is 0 Å². The normalized spacial score (nSPS) is 15.2. The van der Waals surface area contributed by atoms with Gasteiger partial charge in [0.2, 0.25) is 0 Å². The van der Waals surface area contributed by atoms with Crippen LogP contribution in [0, 0.1) is 12.8 Å². The summed E-state index contributed by atoms with van der Waals surface area (Å²) in [5.41, 5.74) is 3.40. The van der Waals surface area contributed by atoms with E-state index in [2.05, 4.69) is 32.3 Å². The van der Waals surface area contributed by atoms with Gasteiger partial charge in [0.15, 0.2) is 0 Å². The number of amides is 1. The maximum absolute atomic E-state index is 12.1. The first-order valence-electron chi connectivity index (χ1n) is 8.67. The number of benzene rings is 1. The predicted molar refractivity (Wildman–Crippen MR) is 96.4 cm³/mol. The first kappa shape index (κ1) is 17.4. The molecule has 6 heteroatoms. The molecule has 2 heterocycles. The molecule has 3 rings (SSSR count). The maximum atomic E-state index is 12.1. The van der Waals surface area contributed by atoms with Crippen molar-refractivity contribution in [3.8, 4) is 0 Å². The lowest BCUT2D eigenvalue weighted by atomic mass is 9.97. The highest BCUT2D eigenvalue weighted by atomic mass is 16.3. The van der Waals surface area contributed by atoms with Crippen LogP contribution < -0.4 is 10.2 Å². The second-order valence-electron chi connectivity index (χ2n) is 6.51. The smallest absolute Gasteiger partial charge is 0.270 e. The van der Waals surface area contributed by atoms with E-state index in [4.69, 9.17) is 0 Å². The Hall–Kier alpha value is -2.47. The van der Waals surface area contributed by atoms with E-state index >= 15 is 0 Å². The molecule has 1 fully saturated rings. The average Bonchev–Trinajstić information content (AvgIpc) is 2.66. The van der Waals surface area contributed by atoms with E-state index in [1.165, 1.54) is 12.0 Å². The van der Waals surface area contributed by atoms with Crippen molar-refractivity contribution in [3.63, 3.8) is 0 Å². The minimum atomic E-state index is -0.194. The molecule has 2 N–H and O–H groups in total. The zero-order valence-electron chi connectivity index (χ0n) is 14.5. The van der Waals surface area contributed by atoms with E-state index in [-0.39, 0.29) is 5.91 Å². The molecule has 1 saturated heterocycles. The molecule has 0 aliphatic carbocycles. The number of hydrogen-bond acceptors (Lipinski definition) is 5. The third-order valence-electron chi connectivity index (χ3n) is 4.66. The van der Waals surface area contributed by atoms with Crippen LogP contribution >= 0.6 is 0 Å². The molecule has 132 valence electrons. The number of carbonyl (C=O) groups excluding carboxylic acids is 1. The number of hydrogen-bond donors (Lipinski definition) is 2. The van der Waals surface area contributed by atoms with Gasteiger partial charge in [0.25, 0.3) is 5.91 Å². The lowest BCUT2D eigenvalue weighted by Gasteiger charge is -2.33. The van der Waals surface area contributed by atoms with Gasteiger partial charge in [-0.2, -0.15) is 0 Å². The molecule has 1 amide bonds.